The molecule has 0 aliphatic carbocycles. The summed E-state index contributed by atoms with van der Waals surface area (Å²) in [6, 6.07) is 16.8. The van der Waals surface area contributed by atoms with E-state index in [2.05, 4.69) is 24.0 Å². The minimum absolute atomic E-state index is 0.0132. The number of aryl methyl sites for hydroxylation is 1. The summed E-state index contributed by atoms with van der Waals surface area (Å²) in [6.07, 6.45) is 0.0132. The Morgan fingerprint density at radius 2 is 2.04 bits per heavy atom. The molecule has 0 radical (unpaired) electrons. The molecule has 26 heavy (non-hydrogen) atoms. The Morgan fingerprint density at radius 3 is 2.85 bits per heavy atom. The molecule has 2 heterocycles. The number of ether oxygens (including phenoxy) is 1. The summed E-state index contributed by atoms with van der Waals surface area (Å²) in [5, 5.41) is 11.7. The zero-order valence-corrected chi connectivity index (χ0v) is 14.5. The highest BCUT2D eigenvalue weighted by molar-refractivity contribution is 5.82. The standard InChI is InChI=1S/C20H19N3O3/c1-14-4-2-3-5-17(14)19-13-22(10-11-26-19)20-9-6-15-12-16(23(24)25)7-8-18(15)21-20/h2-9,12,19H,10-11,13H2,1H3. The van der Waals surface area contributed by atoms with Crippen LogP contribution in [0.25, 0.3) is 10.9 Å². The van der Waals surface area contributed by atoms with Crippen LogP contribution in [0.2, 0.25) is 0 Å². The van der Waals surface area contributed by atoms with Gasteiger partial charge in [0.05, 0.1) is 17.0 Å². The third-order valence-electron chi connectivity index (χ3n) is 4.79. The van der Waals surface area contributed by atoms with Crippen molar-refractivity contribution in [1.82, 2.24) is 4.98 Å². The Kier molecular flexibility index (Phi) is 4.26. The molecular formula is C20H19N3O3. The molecule has 6 heteroatoms. The van der Waals surface area contributed by atoms with Crippen LogP contribution in [0.3, 0.4) is 0 Å². The fraction of sp³-hybridized carbons (Fsp3) is 0.250. The number of nitro groups is 1. The molecule has 2 aromatic carbocycles. The molecule has 0 bridgehead atoms. The minimum Gasteiger partial charge on any atom is -0.370 e. The van der Waals surface area contributed by atoms with Crippen molar-refractivity contribution in [3.8, 4) is 0 Å². The Hall–Kier alpha value is -2.99. The number of hydrogen-bond donors (Lipinski definition) is 0. The minimum atomic E-state index is -0.387. The predicted molar refractivity (Wildman–Crippen MR) is 100 cm³/mol. The third kappa shape index (κ3) is 3.11. The first-order valence-electron chi connectivity index (χ1n) is 8.59. The van der Waals surface area contributed by atoms with Gasteiger partial charge < -0.3 is 9.64 Å². The van der Waals surface area contributed by atoms with E-state index in [4.69, 9.17) is 9.72 Å². The number of fused-ring (bicyclic) bond motifs is 1. The summed E-state index contributed by atoms with van der Waals surface area (Å²) in [5.41, 5.74) is 3.26. The normalized spacial score (nSPS) is 17.4. The Bertz CT molecular complexity index is 973. The van der Waals surface area contributed by atoms with Gasteiger partial charge >= 0.3 is 0 Å². The quantitative estimate of drug-likeness (QED) is 0.527. The lowest BCUT2D eigenvalue weighted by Gasteiger charge is -2.34. The average Bonchev–Trinajstić information content (AvgIpc) is 2.67. The Labute approximate surface area is 151 Å². The van der Waals surface area contributed by atoms with Crippen molar-refractivity contribution < 1.29 is 9.66 Å². The van der Waals surface area contributed by atoms with Crippen molar-refractivity contribution in [2.45, 2.75) is 13.0 Å². The summed E-state index contributed by atoms with van der Waals surface area (Å²) in [5.74, 6) is 0.869. The van der Waals surface area contributed by atoms with E-state index in [1.54, 1.807) is 12.1 Å². The van der Waals surface area contributed by atoms with Gasteiger partial charge in [0.1, 0.15) is 11.9 Å². The van der Waals surface area contributed by atoms with Gasteiger partial charge in [0, 0.05) is 30.6 Å². The molecule has 1 aromatic heterocycles. The fourth-order valence-electron chi connectivity index (χ4n) is 3.39. The SMILES string of the molecule is Cc1ccccc1C1CN(c2ccc3cc([N+](=O)[O-])ccc3n2)CCO1. The molecule has 1 aliphatic heterocycles. The highest BCUT2D eigenvalue weighted by Crippen LogP contribution is 2.28. The van der Waals surface area contributed by atoms with Crippen molar-refractivity contribution >= 4 is 22.4 Å². The molecule has 6 nitrogen and oxygen atoms in total. The molecule has 3 aromatic rings. The predicted octanol–water partition coefficient (Wildman–Crippen LogP) is 4.03. The van der Waals surface area contributed by atoms with Crippen molar-refractivity contribution in [3.63, 3.8) is 0 Å². The lowest BCUT2D eigenvalue weighted by molar-refractivity contribution is -0.384. The summed E-state index contributed by atoms with van der Waals surface area (Å²) >= 11 is 0. The zero-order valence-electron chi connectivity index (χ0n) is 14.5. The van der Waals surface area contributed by atoms with Gasteiger partial charge in [0.25, 0.3) is 5.69 Å². The average molecular weight is 349 g/mol. The lowest BCUT2D eigenvalue weighted by Crippen LogP contribution is -2.39. The topological polar surface area (TPSA) is 68.5 Å². The molecule has 132 valence electrons. The van der Waals surface area contributed by atoms with Crippen LogP contribution in [0.1, 0.15) is 17.2 Å². The summed E-state index contributed by atoms with van der Waals surface area (Å²) < 4.78 is 5.98. The second-order valence-corrected chi connectivity index (χ2v) is 6.47. The number of nitrogens with zero attached hydrogens (tertiary/aromatic N) is 3. The van der Waals surface area contributed by atoms with Crippen LogP contribution in [0.4, 0.5) is 11.5 Å². The van der Waals surface area contributed by atoms with Crippen LogP contribution < -0.4 is 4.90 Å². The van der Waals surface area contributed by atoms with Crippen LogP contribution in [-0.4, -0.2) is 29.6 Å². The summed E-state index contributed by atoms with van der Waals surface area (Å²) in [7, 11) is 0. The molecular weight excluding hydrogens is 330 g/mol. The van der Waals surface area contributed by atoms with Gasteiger partial charge in [-0.2, -0.15) is 0 Å². The van der Waals surface area contributed by atoms with E-state index in [9.17, 15) is 10.1 Å². The van der Waals surface area contributed by atoms with Crippen molar-refractivity contribution in [3.05, 3.63) is 75.8 Å². The molecule has 0 spiro atoms. The van der Waals surface area contributed by atoms with Crippen molar-refractivity contribution in [2.24, 2.45) is 0 Å². The maximum atomic E-state index is 10.9. The van der Waals surface area contributed by atoms with Gasteiger partial charge in [-0.3, -0.25) is 10.1 Å². The van der Waals surface area contributed by atoms with E-state index < -0.39 is 0 Å². The second-order valence-electron chi connectivity index (χ2n) is 6.47. The number of non-ortho nitro benzene ring substituents is 1. The van der Waals surface area contributed by atoms with Crippen LogP contribution in [-0.2, 0) is 4.74 Å². The van der Waals surface area contributed by atoms with Gasteiger partial charge in [-0.15, -0.1) is 0 Å². The van der Waals surface area contributed by atoms with Gasteiger partial charge in [-0.1, -0.05) is 24.3 Å². The number of rotatable bonds is 3. The van der Waals surface area contributed by atoms with E-state index in [0.29, 0.717) is 6.61 Å². The number of nitro benzene ring substituents is 1. The third-order valence-corrected chi connectivity index (χ3v) is 4.79. The maximum absolute atomic E-state index is 10.9. The zero-order chi connectivity index (χ0) is 18.1. The highest BCUT2D eigenvalue weighted by Gasteiger charge is 2.24. The first-order chi connectivity index (χ1) is 12.6. The van der Waals surface area contributed by atoms with Gasteiger partial charge in [-0.25, -0.2) is 4.98 Å². The van der Waals surface area contributed by atoms with Crippen LogP contribution in [0, 0.1) is 17.0 Å². The fourth-order valence-corrected chi connectivity index (χ4v) is 3.39. The number of anilines is 1. The number of morpholine rings is 1. The van der Waals surface area contributed by atoms with Crippen molar-refractivity contribution in [2.75, 3.05) is 24.6 Å². The molecule has 1 atom stereocenters. The van der Waals surface area contributed by atoms with E-state index >= 15 is 0 Å². The smallest absolute Gasteiger partial charge is 0.270 e. The number of aromatic nitrogens is 1. The maximum Gasteiger partial charge on any atom is 0.270 e. The van der Waals surface area contributed by atoms with Crippen LogP contribution in [0.15, 0.2) is 54.6 Å². The number of pyridine rings is 1. The van der Waals surface area contributed by atoms with Gasteiger partial charge in [-0.05, 0) is 36.2 Å². The molecule has 1 aliphatic rings. The van der Waals surface area contributed by atoms with Crippen LogP contribution >= 0.6 is 0 Å². The molecule has 0 N–H and O–H groups in total. The number of benzene rings is 2. The monoisotopic (exact) mass is 349 g/mol. The summed E-state index contributed by atoms with van der Waals surface area (Å²) in [6.45, 7) is 4.24. The Balaban J connectivity index is 1.61. The van der Waals surface area contributed by atoms with Gasteiger partial charge in [0.15, 0.2) is 0 Å². The number of hydrogen-bond acceptors (Lipinski definition) is 5. The van der Waals surface area contributed by atoms with Gasteiger partial charge in [0.2, 0.25) is 0 Å². The van der Waals surface area contributed by atoms with E-state index in [1.807, 2.05) is 24.3 Å². The summed E-state index contributed by atoms with van der Waals surface area (Å²) in [4.78, 5) is 17.4. The van der Waals surface area contributed by atoms with Crippen LogP contribution in [0.5, 0.6) is 0 Å². The molecule has 1 unspecified atom stereocenters. The first-order valence-corrected chi connectivity index (χ1v) is 8.59. The molecule has 0 saturated carbocycles. The highest BCUT2D eigenvalue weighted by atomic mass is 16.6. The molecule has 0 amide bonds. The first kappa shape index (κ1) is 16.5. The largest absolute Gasteiger partial charge is 0.370 e. The van der Waals surface area contributed by atoms with E-state index in [-0.39, 0.29) is 16.7 Å². The lowest BCUT2D eigenvalue weighted by atomic mass is 10.0. The molecule has 4 rings (SSSR count). The second kappa shape index (κ2) is 6.72. The molecule has 1 fully saturated rings. The van der Waals surface area contributed by atoms with E-state index in [1.165, 1.54) is 17.2 Å². The van der Waals surface area contributed by atoms with Crippen molar-refractivity contribution in [1.29, 1.82) is 0 Å². The molecule has 1 saturated heterocycles. The van der Waals surface area contributed by atoms with E-state index in [0.717, 1.165) is 29.8 Å². The Morgan fingerprint density at radius 1 is 1.19 bits per heavy atom.